The molecule has 1 saturated carbocycles. The number of para-hydroxylation sites is 1. The number of carbonyl (C=O) groups is 2. The summed E-state index contributed by atoms with van der Waals surface area (Å²) in [5.74, 6) is -0.0702. The maximum absolute atomic E-state index is 13.3. The van der Waals surface area contributed by atoms with Gasteiger partial charge in [0.05, 0.1) is 28.0 Å². The molecular weight excluding hydrogens is 394 g/mol. The minimum absolute atomic E-state index is 0.00634. The fraction of sp³-hybridized carbons (Fsp3) is 0.208. The third-order valence-corrected chi connectivity index (χ3v) is 6.40. The highest BCUT2D eigenvalue weighted by atomic mass is 32.1. The summed E-state index contributed by atoms with van der Waals surface area (Å²) in [6.45, 7) is 0.418. The van der Waals surface area contributed by atoms with Crippen LogP contribution in [0.25, 0.3) is 21.0 Å². The SMILES string of the molecule is CN(Cc1nc2ccccc2s1)C(=O)c1cc2ccccc2cc1NC(=O)C1CC1. The highest BCUT2D eigenvalue weighted by molar-refractivity contribution is 7.18. The van der Waals surface area contributed by atoms with Crippen molar-refractivity contribution < 1.29 is 9.59 Å². The minimum Gasteiger partial charge on any atom is -0.335 e. The monoisotopic (exact) mass is 415 g/mol. The third-order valence-electron chi connectivity index (χ3n) is 5.38. The van der Waals surface area contributed by atoms with Gasteiger partial charge in [-0.05, 0) is 47.9 Å². The molecule has 0 radical (unpaired) electrons. The van der Waals surface area contributed by atoms with Gasteiger partial charge in [0.2, 0.25) is 5.91 Å². The van der Waals surface area contributed by atoms with Crippen molar-refractivity contribution in [1.82, 2.24) is 9.88 Å². The highest BCUT2D eigenvalue weighted by Gasteiger charge is 2.30. The van der Waals surface area contributed by atoms with Crippen molar-refractivity contribution in [2.75, 3.05) is 12.4 Å². The van der Waals surface area contributed by atoms with Crippen molar-refractivity contribution in [2.45, 2.75) is 19.4 Å². The Morgan fingerprint density at radius 1 is 1.07 bits per heavy atom. The molecule has 1 N–H and O–H groups in total. The van der Waals surface area contributed by atoms with Crippen molar-refractivity contribution in [3.8, 4) is 0 Å². The second kappa shape index (κ2) is 7.54. The first-order valence-corrected chi connectivity index (χ1v) is 10.8. The zero-order valence-corrected chi connectivity index (χ0v) is 17.4. The van der Waals surface area contributed by atoms with Gasteiger partial charge in [-0.1, -0.05) is 36.4 Å². The molecule has 0 atom stereocenters. The van der Waals surface area contributed by atoms with E-state index in [1.165, 1.54) is 0 Å². The van der Waals surface area contributed by atoms with E-state index in [1.807, 2.05) is 60.7 Å². The van der Waals surface area contributed by atoms with E-state index in [0.717, 1.165) is 38.8 Å². The van der Waals surface area contributed by atoms with Gasteiger partial charge in [-0.25, -0.2) is 4.98 Å². The zero-order valence-electron chi connectivity index (χ0n) is 16.6. The van der Waals surface area contributed by atoms with Gasteiger partial charge in [-0.15, -0.1) is 11.3 Å². The Hall–Kier alpha value is -3.25. The fourth-order valence-electron chi connectivity index (χ4n) is 3.57. The quantitative estimate of drug-likeness (QED) is 0.495. The van der Waals surface area contributed by atoms with E-state index in [0.29, 0.717) is 17.8 Å². The fourth-order valence-corrected chi connectivity index (χ4v) is 4.59. The van der Waals surface area contributed by atoms with Crippen molar-refractivity contribution in [1.29, 1.82) is 0 Å². The lowest BCUT2D eigenvalue weighted by Crippen LogP contribution is -2.27. The Morgan fingerprint density at radius 2 is 1.77 bits per heavy atom. The van der Waals surface area contributed by atoms with Crippen LogP contribution in [0.2, 0.25) is 0 Å². The Kier molecular flexibility index (Phi) is 4.71. The van der Waals surface area contributed by atoms with E-state index in [9.17, 15) is 9.59 Å². The molecule has 1 aliphatic rings. The molecule has 2 amide bonds. The number of aromatic nitrogens is 1. The molecule has 0 aliphatic heterocycles. The molecule has 1 heterocycles. The van der Waals surface area contributed by atoms with Crippen LogP contribution in [0.3, 0.4) is 0 Å². The Labute approximate surface area is 178 Å². The lowest BCUT2D eigenvalue weighted by atomic mass is 10.0. The standard InChI is InChI=1S/C24H21N3O2S/c1-27(14-22-25-19-8-4-5-9-21(19)30-22)24(29)18-12-16-6-2-3-7-17(16)13-20(18)26-23(28)15-10-11-15/h2-9,12-13,15H,10-11,14H2,1H3,(H,26,28). The topological polar surface area (TPSA) is 62.3 Å². The molecule has 5 rings (SSSR count). The molecule has 150 valence electrons. The van der Waals surface area contributed by atoms with Gasteiger partial charge < -0.3 is 10.2 Å². The van der Waals surface area contributed by atoms with Crippen LogP contribution in [0.5, 0.6) is 0 Å². The first-order chi connectivity index (χ1) is 14.6. The molecule has 1 aliphatic carbocycles. The largest absolute Gasteiger partial charge is 0.335 e. The lowest BCUT2D eigenvalue weighted by Gasteiger charge is -2.19. The second-order valence-electron chi connectivity index (χ2n) is 7.75. The smallest absolute Gasteiger partial charge is 0.256 e. The number of hydrogen-bond acceptors (Lipinski definition) is 4. The van der Waals surface area contributed by atoms with Gasteiger partial charge >= 0.3 is 0 Å². The van der Waals surface area contributed by atoms with Crippen LogP contribution >= 0.6 is 11.3 Å². The first-order valence-electron chi connectivity index (χ1n) is 10.0. The number of fused-ring (bicyclic) bond motifs is 2. The number of nitrogens with zero attached hydrogens (tertiary/aromatic N) is 2. The zero-order chi connectivity index (χ0) is 20.7. The molecule has 0 bridgehead atoms. The van der Waals surface area contributed by atoms with Crippen LogP contribution < -0.4 is 5.32 Å². The van der Waals surface area contributed by atoms with Gasteiger partial charge in [-0.2, -0.15) is 0 Å². The van der Waals surface area contributed by atoms with Crippen LogP contribution in [0.1, 0.15) is 28.2 Å². The van der Waals surface area contributed by atoms with Crippen LogP contribution in [-0.4, -0.2) is 28.7 Å². The van der Waals surface area contributed by atoms with Crippen molar-refractivity contribution in [3.05, 3.63) is 71.2 Å². The van der Waals surface area contributed by atoms with Crippen molar-refractivity contribution in [2.24, 2.45) is 5.92 Å². The van der Waals surface area contributed by atoms with Gasteiger partial charge in [0.15, 0.2) is 0 Å². The molecule has 6 heteroatoms. The number of benzene rings is 3. The maximum Gasteiger partial charge on any atom is 0.256 e. The number of nitrogens with one attached hydrogen (secondary N) is 1. The Balaban J connectivity index is 1.46. The Morgan fingerprint density at radius 3 is 2.50 bits per heavy atom. The van der Waals surface area contributed by atoms with Crippen LogP contribution in [0.15, 0.2) is 60.7 Å². The number of hydrogen-bond donors (Lipinski definition) is 1. The second-order valence-corrected chi connectivity index (χ2v) is 8.86. The van der Waals surface area contributed by atoms with E-state index in [2.05, 4.69) is 10.3 Å². The summed E-state index contributed by atoms with van der Waals surface area (Å²) in [6, 6.07) is 19.6. The molecular formula is C24H21N3O2S. The van der Waals surface area contributed by atoms with E-state index < -0.39 is 0 Å². The van der Waals surface area contributed by atoms with E-state index >= 15 is 0 Å². The molecule has 3 aromatic carbocycles. The van der Waals surface area contributed by atoms with Crippen molar-refractivity contribution in [3.63, 3.8) is 0 Å². The Bertz CT molecular complexity index is 1240. The van der Waals surface area contributed by atoms with Gasteiger partial charge in [-0.3, -0.25) is 9.59 Å². The molecule has 5 nitrogen and oxygen atoms in total. The minimum atomic E-state index is -0.133. The predicted octanol–water partition coefficient (Wildman–Crippen LogP) is 5.07. The molecule has 4 aromatic rings. The first kappa shape index (κ1) is 18.8. The van der Waals surface area contributed by atoms with E-state index in [1.54, 1.807) is 23.3 Å². The van der Waals surface area contributed by atoms with E-state index in [-0.39, 0.29) is 17.7 Å². The number of thiazole rings is 1. The molecule has 1 aromatic heterocycles. The van der Waals surface area contributed by atoms with Gasteiger partial charge in [0.1, 0.15) is 5.01 Å². The molecule has 0 spiro atoms. The lowest BCUT2D eigenvalue weighted by molar-refractivity contribution is -0.117. The normalized spacial score (nSPS) is 13.5. The van der Waals surface area contributed by atoms with E-state index in [4.69, 9.17) is 0 Å². The summed E-state index contributed by atoms with van der Waals surface area (Å²) in [7, 11) is 1.77. The highest BCUT2D eigenvalue weighted by Crippen LogP contribution is 2.32. The predicted molar refractivity (Wildman–Crippen MR) is 121 cm³/mol. The number of amides is 2. The summed E-state index contributed by atoms with van der Waals surface area (Å²) >= 11 is 1.59. The summed E-state index contributed by atoms with van der Waals surface area (Å²) in [5.41, 5.74) is 2.03. The van der Waals surface area contributed by atoms with Crippen molar-refractivity contribution >= 4 is 49.8 Å². The number of carbonyl (C=O) groups excluding carboxylic acids is 2. The molecule has 0 unspecified atom stereocenters. The maximum atomic E-state index is 13.3. The van der Waals surface area contributed by atoms with Crippen LogP contribution in [-0.2, 0) is 11.3 Å². The van der Waals surface area contributed by atoms with Crippen LogP contribution in [0, 0.1) is 5.92 Å². The van der Waals surface area contributed by atoms with Crippen LogP contribution in [0.4, 0.5) is 5.69 Å². The average molecular weight is 416 g/mol. The molecule has 0 saturated heterocycles. The third kappa shape index (κ3) is 3.66. The summed E-state index contributed by atoms with van der Waals surface area (Å²) < 4.78 is 1.11. The van der Waals surface area contributed by atoms with Gasteiger partial charge in [0.25, 0.3) is 5.91 Å². The molecule has 30 heavy (non-hydrogen) atoms. The average Bonchev–Trinajstić information content (AvgIpc) is 3.53. The number of rotatable bonds is 5. The summed E-state index contributed by atoms with van der Waals surface area (Å²) in [5, 5.41) is 5.84. The number of anilines is 1. The summed E-state index contributed by atoms with van der Waals surface area (Å²) in [6.07, 6.45) is 1.83. The molecule has 1 fully saturated rings. The van der Waals surface area contributed by atoms with Gasteiger partial charge in [0, 0.05) is 13.0 Å². The summed E-state index contributed by atoms with van der Waals surface area (Å²) in [4.78, 5) is 32.0.